The molecule has 0 aliphatic rings. The molecule has 5 nitrogen and oxygen atoms in total. The Morgan fingerprint density at radius 2 is 1.43 bits per heavy atom. The molecule has 0 saturated carbocycles. The first-order valence-electron chi connectivity index (χ1n) is 8.02. The molecule has 0 heterocycles. The fourth-order valence-electron chi connectivity index (χ4n) is 2.25. The van der Waals surface area contributed by atoms with Crippen molar-refractivity contribution in [2.75, 3.05) is 20.8 Å². The Bertz CT molecular complexity index is 488. The van der Waals surface area contributed by atoms with Crippen LogP contribution in [0.1, 0.15) is 55.8 Å². The quantitative estimate of drug-likeness (QED) is 0.352. The van der Waals surface area contributed by atoms with E-state index in [9.17, 15) is 9.59 Å². The lowest BCUT2D eigenvalue weighted by Gasteiger charge is -2.08. The lowest BCUT2D eigenvalue weighted by Crippen LogP contribution is -2.03. The highest BCUT2D eigenvalue weighted by Gasteiger charge is 2.10. The normalized spacial score (nSPS) is 10.2. The summed E-state index contributed by atoms with van der Waals surface area (Å²) in [5.41, 5.74) is 0.604. The van der Waals surface area contributed by atoms with Crippen LogP contribution in [0.2, 0.25) is 0 Å². The number of hydrogen-bond acceptors (Lipinski definition) is 5. The second-order valence-corrected chi connectivity index (χ2v) is 5.24. The van der Waals surface area contributed by atoms with Crippen molar-refractivity contribution < 1.29 is 23.8 Å². The van der Waals surface area contributed by atoms with Crippen LogP contribution in [0.25, 0.3) is 0 Å². The summed E-state index contributed by atoms with van der Waals surface area (Å²) in [7, 11) is 3.12. The maximum atomic E-state index is 12.2. The molecule has 0 atom stereocenters. The van der Waals surface area contributed by atoms with Gasteiger partial charge < -0.3 is 14.2 Å². The summed E-state index contributed by atoms with van der Waals surface area (Å²) in [5, 5.41) is 0. The molecule has 1 aromatic carbocycles. The Kier molecular flexibility index (Phi) is 8.80. The molecule has 0 N–H and O–H groups in total. The van der Waals surface area contributed by atoms with Crippen molar-refractivity contribution in [3.8, 4) is 11.5 Å². The predicted octanol–water partition coefficient (Wildman–Crippen LogP) is 3.79. The first kappa shape index (κ1) is 19.0. The second-order valence-electron chi connectivity index (χ2n) is 5.24. The Morgan fingerprint density at radius 1 is 0.870 bits per heavy atom. The van der Waals surface area contributed by atoms with Gasteiger partial charge in [-0.1, -0.05) is 12.8 Å². The standard InChI is InChI=1S/C18H26O5/c1-4-23-18(20)10-8-6-5-7-9-17(19)14-11-15(21-2)13-16(12-14)22-3/h11-13H,4-10H2,1-3H3. The molecule has 0 fully saturated rings. The molecule has 128 valence electrons. The number of methoxy groups -OCH3 is 2. The minimum atomic E-state index is -0.146. The first-order valence-corrected chi connectivity index (χ1v) is 8.02. The molecule has 0 spiro atoms. The zero-order valence-electron chi connectivity index (χ0n) is 14.2. The van der Waals surface area contributed by atoms with Gasteiger partial charge in [0.15, 0.2) is 5.78 Å². The molecule has 0 amide bonds. The lowest BCUT2D eigenvalue weighted by molar-refractivity contribution is -0.143. The van der Waals surface area contributed by atoms with Gasteiger partial charge in [0, 0.05) is 24.5 Å². The monoisotopic (exact) mass is 322 g/mol. The number of ether oxygens (including phenoxy) is 3. The van der Waals surface area contributed by atoms with E-state index in [1.54, 1.807) is 39.3 Å². The highest BCUT2D eigenvalue weighted by Crippen LogP contribution is 2.23. The smallest absolute Gasteiger partial charge is 0.305 e. The third-order valence-electron chi connectivity index (χ3n) is 3.51. The van der Waals surface area contributed by atoms with Crippen LogP contribution in [0.3, 0.4) is 0 Å². The summed E-state index contributed by atoms with van der Waals surface area (Å²) >= 11 is 0. The average molecular weight is 322 g/mol. The minimum Gasteiger partial charge on any atom is -0.497 e. The van der Waals surface area contributed by atoms with E-state index in [2.05, 4.69) is 0 Å². The van der Waals surface area contributed by atoms with Gasteiger partial charge in [-0.3, -0.25) is 9.59 Å². The Hall–Kier alpha value is -2.04. The summed E-state index contributed by atoms with van der Waals surface area (Å²) in [4.78, 5) is 23.4. The summed E-state index contributed by atoms with van der Waals surface area (Å²) < 4.78 is 15.2. The number of ketones is 1. The van der Waals surface area contributed by atoms with Gasteiger partial charge in [0.1, 0.15) is 11.5 Å². The van der Waals surface area contributed by atoms with Crippen molar-refractivity contribution in [3.05, 3.63) is 23.8 Å². The Morgan fingerprint density at radius 3 is 1.96 bits per heavy atom. The van der Waals surface area contributed by atoms with Crippen molar-refractivity contribution in [1.29, 1.82) is 0 Å². The molecular weight excluding hydrogens is 296 g/mol. The number of esters is 1. The van der Waals surface area contributed by atoms with E-state index >= 15 is 0 Å². The van der Waals surface area contributed by atoms with Crippen molar-refractivity contribution in [2.45, 2.75) is 45.4 Å². The van der Waals surface area contributed by atoms with E-state index < -0.39 is 0 Å². The van der Waals surface area contributed by atoms with Crippen LogP contribution in [0.5, 0.6) is 11.5 Å². The Balaban J connectivity index is 2.33. The maximum Gasteiger partial charge on any atom is 0.305 e. The number of unbranched alkanes of at least 4 members (excludes halogenated alkanes) is 3. The topological polar surface area (TPSA) is 61.8 Å². The molecule has 1 aromatic rings. The van der Waals surface area contributed by atoms with Crippen molar-refractivity contribution in [2.24, 2.45) is 0 Å². The van der Waals surface area contributed by atoms with Crippen molar-refractivity contribution in [1.82, 2.24) is 0 Å². The van der Waals surface area contributed by atoms with Gasteiger partial charge in [-0.05, 0) is 31.9 Å². The van der Waals surface area contributed by atoms with E-state index in [0.29, 0.717) is 36.5 Å². The van der Waals surface area contributed by atoms with Crippen LogP contribution in [-0.4, -0.2) is 32.6 Å². The number of Topliss-reactive ketones (excluding diaryl/α,β-unsaturated/α-hetero) is 1. The number of carbonyl (C=O) groups excluding carboxylic acids is 2. The molecule has 1 rings (SSSR count). The summed E-state index contributed by atoms with van der Waals surface area (Å²) in [6, 6.07) is 5.20. The predicted molar refractivity (Wildman–Crippen MR) is 88.2 cm³/mol. The lowest BCUT2D eigenvalue weighted by atomic mass is 10.0. The van der Waals surface area contributed by atoms with Crippen molar-refractivity contribution >= 4 is 11.8 Å². The summed E-state index contributed by atoms with van der Waals surface area (Å²) in [5.74, 6) is 1.16. The number of rotatable bonds is 11. The average Bonchev–Trinajstić information content (AvgIpc) is 2.57. The molecule has 0 unspecified atom stereocenters. The highest BCUT2D eigenvalue weighted by molar-refractivity contribution is 5.96. The van der Waals surface area contributed by atoms with E-state index in [4.69, 9.17) is 14.2 Å². The van der Waals surface area contributed by atoms with Crippen LogP contribution in [-0.2, 0) is 9.53 Å². The zero-order chi connectivity index (χ0) is 17.1. The molecular formula is C18H26O5. The van der Waals surface area contributed by atoms with Gasteiger partial charge in [-0.2, -0.15) is 0 Å². The fraction of sp³-hybridized carbons (Fsp3) is 0.556. The van der Waals surface area contributed by atoms with Crippen LogP contribution < -0.4 is 9.47 Å². The fourth-order valence-corrected chi connectivity index (χ4v) is 2.25. The minimum absolute atomic E-state index is 0.0765. The van der Waals surface area contributed by atoms with E-state index in [-0.39, 0.29) is 11.8 Å². The number of hydrogen-bond donors (Lipinski definition) is 0. The number of carbonyl (C=O) groups is 2. The summed E-state index contributed by atoms with van der Waals surface area (Å²) in [6.07, 6.45) is 4.39. The third-order valence-corrected chi connectivity index (χ3v) is 3.51. The third kappa shape index (κ3) is 7.17. The summed E-state index contributed by atoms with van der Waals surface area (Å²) in [6.45, 7) is 2.23. The van der Waals surface area contributed by atoms with Gasteiger partial charge in [0.2, 0.25) is 0 Å². The first-order chi connectivity index (χ1) is 11.1. The highest BCUT2D eigenvalue weighted by atomic mass is 16.5. The number of benzene rings is 1. The van der Waals surface area contributed by atoms with Gasteiger partial charge in [-0.15, -0.1) is 0 Å². The van der Waals surface area contributed by atoms with Gasteiger partial charge in [0.05, 0.1) is 20.8 Å². The second kappa shape index (κ2) is 10.6. The molecule has 0 aliphatic carbocycles. The van der Waals surface area contributed by atoms with Crippen LogP contribution in [0.15, 0.2) is 18.2 Å². The van der Waals surface area contributed by atoms with Crippen LogP contribution in [0, 0.1) is 0 Å². The zero-order valence-corrected chi connectivity index (χ0v) is 14.2. The van der Waals surface area contributed by atoms with Crippen LogP contribution in [0.4, 0.5) is 0 Å². The van der Waals surface area contributed by atoms with Gasteiger partial charge in [0.25, 0.3) is 0 Å². The molecule has 5 heteroatoms. The maximum absolute atomic E-state index is 12.2. The molecule has 0 aromatic heterocycles. The van der Waals surface area contributed by atoms with Crippen LogP contribution >= 0.6 is 0 Å². The molecule has 0 bridgehead atoms. The van der Waals surface area contributed by atoms with E-state index in [1.807, 2.05) is 0 Å². The molecule has 23 heavy (non-hydrogen) atoms. The SMILES string of the molecule is CCOC(=O)CCCCCCC(=O)c1cc(OC)cc(OC)c1. The van der Waals surface area contributed by atoms with E-state index in [1.165, 1.54) is 0 Å². The Labute approximate surface area is 137 Å². The molecule has 0 saturated heterocycles. The van der Waals surface area contributed by atoms with Gasteiger partial charge >= 0.3 is 5.97 Å². The molecule has 0 aliphatic heterocycles. The molecule has 0 radical (unpaired) electrons. The largest absolute Gasteiger partial charge is 0.497 e. The van der Waals surface area contributed by atoms with Crippen molar-refractivity contribution in [3.63, 3.8) is 0 Å². The van der Waals surface area contributed by atoms with Gasteiger partial charge in [-0.25, -0.2) is 0 Å². The van der Waals surface area contributed by atoms with E-state index in [0.717, 1.165) is 25.7 Å².